The van der Waals surface area contributed by atoms with Crippen molar-refractivity contribution in [2.45, 2.75) is 33.2 Å². The first-order chi connectivity index (χ1) is 16.2. The maximum Gasteiger partial charge on any atom is 0.226 e. The van der Waals surface area contributed by atoms with Crippen LogP contribution in [0, 0.1) is 17.2 Å². The van der Waals surface area contributed by atoms with E-state index in [0.717, 1.165) is 16.9 Å². The van der Waals surface area contributed by atoms with Crippen molar-refractivity contribution in [1.29, 1.82) is 5.26 Å². The highest BCUT2D eigenvalue weighted by Gasteiger charge is 2.31. The van der Waals surface area contributed by atoms with Crippen molar-refractivity contribution in [2.24, 2.45) is 5.92 Å². The maximum atomic E-state index is 12.8. The molecule has 8 nitrogen and oxygen atoms in total. The average Bonchev–Trinajstić information content (AvgIpc) is 3.08. The quantitative estimate of drug-likeness (QED) is 0.462. The number of nitriles is 1. The minimum absolute atomic E-state index is 0.0137. The number of allylic oxidation sites excluding steroid dienone is 1. The number of rotatable bonds is 8. The Morgan fingerprint density at radius 1 is 0.941 bits per heavy atom. The molecule has 0 aliphatic carbocycles. The molecule has 8 heteroatoms. The molecule has 2 N–H and O–H groups in total. The molecule has 0 fully saturated rings. The Morgan fingerprint density at radius 2 is 1.53 bits per heavy atom. The van der Waals surface area contributed by atoms with Crippen molar-refractivity contribution in [1.82, 2.24) is 5.32 Å². The standard InChI is InChI=1S/C26H29N5O3/c1-17(2)25(34)29-19-11-9-18(10-12-19)16-28-24(33)14-13-23(32)20(15-27)26-30(3)21-7-5-6-8-22(21)31(26)4/h5-12,17H,13-14,16H2,1-4H3,(H,28,33)(H,29,34). The smallest absolute Gasteiger partial charge is 0.226 e. The van der Waals surface area contributed by atoms with Gasteiger partial charge in [0.25, 0.3) is 0 Å². The van der Waals surface area contributed by atoms with E-state index in [1.54, 1.807) is 12.1 Å². The van der Waals surface area contributed by atoms with Crippen LogP contribution in [0.15, 0.2) is 59.9 Å². The van der Waals surface area contributed by atoms with Crippen molar-refractivity contribution in [3.8, 4) is 6.07 Å². The van der Waals surface area contributed by atoms with E-state index in [1.807, 2.05) is 80.2 Å². The number of hydrogen-bond acceptors (Lipinski definition) is 6. The Balaban J connectivity index is 1.55. The minimum atomic E-state index is -0.371. The summed E-state index contributed by atoms with van der Waals surface area (Å²) in [4.78, 5) is 40.5. The van der Waals surface area contributed by atoms with Crippen LogP contribution in [0.1, 0.15) is 32.3 Å². The summed E-state index contributed by atoms with van der Waals surface area (Å²) in [5.74, 6) is -0.299. The van der Waals surface area contributed by atoms with Gasteiger partial charge in [0.05, 0.1) is 11.4 Å². The number of hydrogen-bond donors (Lipinski definition) is 2. The summed E-state index contributed by atoms with van der Waals surface area (Å²) >= 11 is 0. The number of anilines is 3. The van der Waals surface area contributed by atoms with Gasteiger partial charge in [-0.1, -0.05) is 38.1 Å². The molecule has 0 unspecified atom stereocenters. The van der Waals surface area contributed by atoms with Crippen molar-refractivity contribution in [2.75, 3.05) is 29.2 Å². The lowest BCUT2D eigenvalue weighted by molar-refractivity contribution is -0.124. The minimum Gasteiger partial charge on any atom is -0.352 e. The number of nitrogens with zero attached hydrogens (tertiary/aromatic N) is 3. The van der Waals surface area contributed by atoms with Crippen LogP contribution in [0.25, 0.3) is 0 Å². The van der Waals surface area contributed by atoms with E-state index in [1.165, 1.54) is 0 Å². The fourth-order valence-corrected chi connectivity index (χ4v) is 3.69. The van der Waals surface area contributed by atoms with E-state index >= 15 is 0 Å². The van der Waals surface area contributed by atoms with Gasteiger partial charge in [-0.05, 0) is 29.8 Å². The van der Waals surface area contributed by atoms with Gasteiger partial charge in [0, 0.05) is 45.1 Å². The molecule has 2 aromatic rings. The molecule has 1 aliphatic rings. The van der Waals surface area contributed by atoms with Crippen molar-refractivity contribution in [3.63, 3.8) is 0 Å². The van der Waals surface area contributed by atoms with Crippen LogP contribution in [0.5, 0.6) is 0 Å². The van der Waals surface area contributed by atoms with Gasteiger partial charge in [-0.15, -0.1) is 0 Å². The molecule has 0 radical (unpaired) electrons. The zero-order valence-electron chi connectivity index (χ0n) is 19.9. The summed E-state index contributed by atoms with van der Waals surface area (Å²) in [6, 6.07) is 16.9. The first-order valence-electron chi connectivity index (χ1n) is 11.1. The molecule has 2 amide bonds. The van der Waals surface area contributed by atoms with Crippen LogP contribution in [-0.2, 0) is 20.9 Å². The fourth-order valence-electron chi connectivity index (χ4n) is 3.69. The molecule has 0 spiro atoms. The lowest BCUT2D eigenvalue weighted by atomic mass is 10.1. The molecule has 0 bridgehead atoms. The summed E-state index contributed by atoms with van der Waals surface area (Å²) in [7, 11) is 3.63. The van der Waals surface area contributed by atoms with Gasteiger partial charge >= 0.3 is 0 Å². The Morgan fingerprint density at radius 3 is 2.06 bits per heavy atom. The highest BCUT2D eigenvalue weighted by Crippen LogP contribution is 2.40. The van der Waals surface area contributed by atoms with Gasteiger partial charge in [0.1, 0.15) is 17.5 Å². The summed E-state index contributed by atoms with van der Waals surface area (Å²) in [5.41, 5.74) is 3.42. The highest BCUT2D eigenvalue weighted by atomic mass is 16.2. The molecule has 0 saturated heterocycles. The lowest BCUT2D eigenvalue weighted by Crippen LogP contribution is -2.27. The second-order valence-electron chi connectivity index (χ2n) is 8.46. The lowest BCUT2D eigenvalue weighted by Gasteiger charge is -2.19. The second-order valence-corrected chi connectivity index (χ2v) is 8.46. The third-order valence-corrected chi connectivity index (χ3v) is 5.67. The number of benzene rings is 2. The predicted octanol–water partition coefficient (Wildman–Crippen LogP) is 3.57. The molecule has 0 aromatic heterocycles. The van der Waals surface area contributed by atoms with E-state index in [2.05, 4.69) is 10.6 Å². The van der Waals surface area contributed by atoms with Gasteiger partial charge in [-0.25, -0.2) is 0 Å². The normalized spacial score (nSPS) is 12.3. The zero-order valence-corrected chi connectivity index (χ0v) is 19.9. The molecule has 1 aliphatic heterocycles. The van der Waals surface area contributed by atoms with E-state index in [-0.39, 0.29) is 41.9 Å². The maximum absolute atomic E-state index is 12.8. The van der Waals surface area contributed by atoms with Crippen LogP contribution in [0.3, 0.4) is 0 Å². The predicted molar refractivity (Wildman–Crippen MR) is 132 cm³/mol. The second kappa shape index (κ2) is 10.7. The monoisotopic (exact) mass is 459 g/mol. The first kappa shape index (κ1) is 24.5. The van der Waals surface area contributed by atoms with E-state index < -0.39 is 0 Å². The molecule has 1 heterocycles. The highest BCUT2D eigenvalue weighted by molar-refractivity contribution is 6.03. The molecular weight excluding hydrogens is 430 g/mol. The van der Waals surface area contributed by atoms with Crippen LogP contribution in [-0.4, -0.2) is 31.7 Å². The first-order valence-corrected chi connectivity index (χ1v) is 11.1. The Labute approximate surface area is 199 Å². The zero-order chi connectivity index (χ0) is 24.8. The SMILES string of the molecule is CC(C)C(=O)Nc1ccc(CNC(=O)CCC(=O)C(C#N)=C2N(C)c3ccccc3N2C)cc1. The van der Waals surface area contributed by atoms with E-state index in [9.17, 15) is 19.6 Å². The average molecular weight is 460 g/mol. The fraction of sp³-hybridized carbons (Fsp3) is 0.308. The molecule has 34 heavy (non-hydrogen) atoms. The van der Waals surface area contributed by atoms with Crippen molar-refractivity contribution in [3.05, 3.63) is 65.5 Å². The van der Waals surface area contributed by atoms with Crippen LogP contribution >= 0.6 is 0 Å². The number of nitrogens with one attached hydrogen (secondary N) is 2. The van der Waals surface area contributed by atoms with Gasteiger partial charge in [0.2, 0.25) is 11.8 Å². The number of amides is 2. The molecule has 0 atom stereocenters. The third kappa shape index (κ3) is 5.44. The van der Waals surface area contributed by atoms with Crippen LogP contribution in [0.4, 0.5) is 17.1 Å². The van der Waals surface area contributed by atoms with E-state index in [0.29, 0.717) is 18.1 Å². The number of Topliss-reactive ketones (excluding diaryl/α,β-unsaturated/α-hetero) is 1. The molecule has 176 valence electrons. The van der Waals surface area contributed by atoms with Crippen molar-refractivity contribution >= 4 is 34.7 Å². The number of para-hydroxylation sites is 2. The van der Waals surface area contributed by atoms with Gasteiger partial charge in [-0.2, -0.15) is 5.26 Å². The molecule has 2 aromatic carbocycles. The summed E-state index contributed by atoms with van der Waals surface area (Å²) in [6.07, 6.45) is -0.0728. The van der Waals surface area contributed by atoms with Gasteiger partial charge in [0.15, 0.2) is 5.78 Å². The van der Waals surface area contributed by atoms with E-state index in [4.69, 9.17) is 0 Å². The number of carbonyl (C=O) groups is 3. The van der Waals surface area contributed by atoms with Crippen LogP contribution in [0.2, 0.25) is 0 Å². The van der Waals surface area contributed by atoms with Gasteiger partial charge < -0.3 is 20.4 Å². The summed E-state index contributed by atoms with van der Waals surface area (Å²) < 4.78 is 0. The Hall–Kier alpha value is -4.12. The third-order valence-electron chi connectivity index (χ3n) is 5.67. The number of fused-ring (bicyclic) bond motifs is 1. The molecule has 0 saturated carbocycles. The van der Waals surface area contributed by atoms with Gasteiger partial charge in [-0.3, -0.25) is 14.4 Å². The number of carbonyl (C=O) groups excluding carboxylic acids is 3. The Bertz CT molecular complexity index is 1130. The largest absolute Gasteiger partial charge is 0.352 e. The Kier molecular flexibility index (Phi) is 7.69. The molecular formula is C26H29N5O3. The summed E-state index contributed by atoms with van der Waals surface area (Å²) in [5, 5.41) is 15.3. The molecule has 3 rings (SSSR count). The summed E-state index contributed by atoms with van der Waals surface area (Å²) in [6.45, 7) is 3.95. The number of ketones is 1. The van der Waals surface area contributed by atoms with Crippen LogP contribution < -0.4 is 20.4 Å². The topological polar surface area (TPSA) is 106 Å². The van der Waals surface area contributed by atoms with Crippen molar-refractivity contribution < 1.29 is 14.4 Å².